The largest absolute Gasteiger partial charge is 0.497 e. The Balaban J connectivity index is 1.56. The Labute approximate surface area is 286 Å². The van der Waals surface area contributed by atoms with E-state index in [9.17, 15) is 18.0 Å². The van der Waals surface area contributed by atoms with Crippen molar-refractivity contribution in [1.82, 2.24) is 10.2 Å². The van der Waals surface area contributed by atoms with E-state index in [0.717, 1.165) is 35.6 Å². The third-order valence-electron chi connectivity index (χ3n) is 8.26. The molecule has 0 heterocycles. The first-order valence-corrected chi connectivity index (χ1v) is 17.6. The fourth-order valence-electron chi connectivity index (χ4n) is 5.76. The fourth-order valence-corrected chi connectivity index (χ4v) is 7.52. The number of nitrogens with zero attached hydrogens (tertiary/aromatic N) is 2. The second-order valence-corrected chi connectivity index (χ2v) is 14.2. The second-order valence-electron chi connectivity index (χ2n) is 11.5. The van der Waals surface area contributed by atoms with Crippen molar-refractivity contribution >= 4 is 50.7 Å². The van der Waals surface area contributed by atoms with Crippen LogP contribution in [0, 0.1) is 0 Å². The van der Waals surface area contributed by atoms with E-state index in [2.05, 4.69) is 5.32 Å². The van der Waals surface area contributed by atoms with E-state index in [1.165, 1.54) is 24.1 Å². The molecule has 5 rings (SSSR count). The maximum absolute atomic E-state index is 14.6. The number of sulfonamides is 1. The molecule has 8 nitrogen and oxygen atoms in total. The van der Waals surface area contributed by atoms with Crippen molar-refractivity contribution in [2.75, 3.05) is 18.0 Å². The molecule has 1 aliphatic rings. The van der Waals surface area contributed by atoms with Gasteiger partial charge in [0.2, 0.25) is 11.8 Å². The molecule has 0 unspecified atom stereocenters. The van der Waals surface area contributed by atoms with Crippen LogP contribution < -0.4 is 14.4 Å². The lowest BCUT2D eigenvalue weighted by Gasteiger charge is -2.34. The van der Waals surface area contributed by atoms with Crippen LogP contribution >= 0.6 is 23.2 Å². The van der Waals surface area contributed by atoms with Crippen molar-refractivity contribution in [3.05, 3.63) is 124 Å². The molecule has 47 heavy (non-hydrogen) atoms. The molecule has 0 saturated heterocycles. The van der Waals surface area contributed by atoms with E-state index in [-0.39, 0.29) is 35.5 Å². The Hall–Kier alpha value is -4.05. The first-order valence-electron chi connectivity index (χ1n) is 15.4. The maximum atomic E-state index is 14.6. The minimum Gasteiger partial charge on any atom is -0.497 e. The Morgan fingerprint density at radius 3 is 2.15 bits per heavy atom. The van der Waals surface area contributed by atoms with Gasteiger partial charge in [0.1, 0.15) is 18.3 Å². The van der Waals surface area contributed by atoms with Crippen LogP contribution in [0.5, 0.6) is 5.75 Å². The van der Waals surface area contributed by atoms with E-state index in [0.29, 0.717) is 21.4 Å². The number of amides is 2. The summed E-state index contributed by atoms with van der Waals surface area (Å²) in [5.41, 5.74) is 1.81. The molecule has 11 heteroatoms. The predicted octanol–water partition coefficient (Wildman–Crippen LogP) is 6.90. The average Bonchev–Trinajstić information content (AvgIpc) is 3.59. The number of carbonyl (C=O) groups excluding carboxylic acids is 2. The smallest absolute Gasteiger partial charge is 0.264 e. The van der Waals surface area contributed by atoms with Crippen LogP contribution in [0.25, 0.3) is 0 Å². The van der Waals surface area contributed by atoms with Gasteiger partial charge in [-0.2, -0.15) is 0 Å². The third kappa shape index (κ3) is 8.86. The topological polar surface area (TPSA) is 96.0 Å². The highest BCUT2D eigenvalue weighted by Gasteiger charge is 2.35. The first kappa shape index (κ1) is 34.3. The number of carbonyl (C=O) groups is 2. The van der Waals surface area contributed by atoms with Crippen LogP contribution in [0.15, 0.2) is 108 Å². The second kappa shape index (κ2) is 15.7. The van der Waals surface area contributed by atoms with Gasteiger partial charge in [-0.05, 0) is 84.6 Å². The zero-order valence-corrected chi connectivity index (χ0v) is 28.3. The van der Waals surface area contributed by atoms with Crippen molar-refractivity contribution in [2.45, 2.75) is 55.6 Å². The SMILES string of the molecule is COc1ccc(S(=O)(=O)N(CC(=O)N(Cc2cccc(Cl)c2)[C@@H](Cc2ccccc2)C(=O)NC2CCCC2)c2ccc(Cl)cc2)cc1. The molecule has 2 amide bonds. The molecule has 0 aromatic heterocycles. The molecule has 1 aliphatic carbocycles. The zero-order valence-electron chi connectivity index (χ0n) is 26.0. The molecule has 4 aromatic carbocycles. The summed E-state index contributed by atoms with van der Waals surface area (Å²) in [6, 6.07) is 27.8. The monoisotopic (exact) mass is 693 g/mol. The summed E-state index contributed by atoms with van der Waals surface area (Å²) >= 11 is 12.5. The lowest BCUT2D eigenvalue weighted by molar-refractivity contribution is -0.140. The minimum atomic E-state index is -4.26. The normalized spacial score (nSPS) is 13.9. The number of rotatable bonds is 13. The van der Waals surface area contributed by atoms with E-state index < -0.39 is 28.5 Å². The highest BCUT2D eigenvalue weighted by molar-refractivity contribution is 7.92. The number of hydrogen-bond acceptors (Lipinski definition) is 5. The molecule has 1 N–H and O–H groups in total. The van der Waals surface area contributed by atoms with Crippen LogP contribution in [0.2, 0.25) is 10.0 Å². The van der Waals surface area contributed by atoms with Crippen molar-refractivity contribution in [1.29, 1.82) is 0 Å². The van der Waals surface area contributed by atoms with E-state index in [1.54, 1.807) is 54.6 Å². The van der Waals surface area contributed by atoms with Crippen LogP contribution in [-0.2, 0) is 32.6 Å². The molecule has 1 atom stereocenters. The van der Waals surface area contributed by atoms with Crippen LogP contribution in [0.4, 0.5) is 5.69 Å². The first-order chi connectivity index (χ1) is 22.6. The number of nitrogens with one attached hydrogen (secondary N) is 1. The Morgan fingerprint density at radius 2 is 1.51 bits per heavy atom. The van der Waals surface area contributed by atoms with Gasteiger partial charge < -0.3 is 15.0 Å². The molecular formula is C36H37Cl2N3O5S. The lowest BCUT2D eigenvalue weighted by atomic mass is 10.0. The van der Waals surface area contributed by atoms with Crippen molar-refractivity contribution < 1.29 is 22.7 Å². The molecule has 1 fully saturated rings. The van der Waals surface area contributed by atoms with Gasteiger partial charge in [-0.25, -0.2) is 8.42 Å². The molecule has 0 spiro atoms. The summed E-state index contributed by atoms with van der Waals surface area (Å²) in [4.78, 5) is 30.1. The summed E-state index contributed by atoms with van der Waals surface area (Å²) in [6.45, 7) is -0.537. The average molecular weight is 695 g/mol. The third-order valence-corrected chi connectivity index (χ3v) is 10.5. The zero-order chi connectivity index (χ0) is 33.4. The number of anilines is 1. The Kier molecular flexibility index (Phi) is 11.4. The molecule has 4 aromatic rings. The summed E-state index contributed by atoms with van der Waals surface area (Å²) in [7, 11) is -2.77. The number of halogens is 2. The lowest BCUT2D eigenvalue weighted by Crippen LogP contribution is -2.54. The highest BCUT2D eigenvalue weighted by Crippen LogP contribution is 2.28. The van der Waals surface area contributed by atoms with Gasteiger partial charge in [-0.15, -0.1) is 0 Å². The summed E-state index contributed by atoms with van der Waals surface area (Å²) in [5.74, 6) is -0.352. The van der Waals surface area contributed by atoms with E-state index >= 15 is 0 Å². The summed E-state index contributed by atoms with van der Waals surface area (Å²) in [5, 5.41) is 4.07. The molecular weight excluding hydrogens is 657 g/mol. The van der Waals surface area contributed by atoms with Gasteiger partial charge in [0.25, 0.3) is 10.0 Å². The molecule has 0 radical (unpaired) electrons. The number of ether oxygens (including phenoxy) is 1. The summed E-state index contributed by atoms with van der Waals surface area (Å²) < 4.78 is 34.6. The quantitative estimate of drug-likeness (QED) is 0.164. The molecule has 0 bridgehead atoms. The van der Waals surface area contributed by atoms with Gasteiger partial charge in [0, 0.05) is 29.1 Å². The number of benzene rings is 4. The van der Waals surface area contributed by atoms with Crippen molar-refractivity contribution in [2.24, 2.45) is 0 Å². The van der Waals surface area contributed by atoms with Crippen LogP contribution in [0.1, 0.15) is 36.8 Å². The Morgan fingerprint density at radius 1 is 0.851 bits per heavy atom. The van der Waals surface area contributed by atoms with Gasteiger partial charge in [-0.3, -0.25) is 13.9 Å². The van der Waals surface area contributed by atoms with E-state index in [4.69, 9.17) is 27.9 Å². The van der Waals surface area contributed by atoms with Crippen LogP contribution in [-0.4, -0.2) is 50.9 Å². The molecule has 1 saturated carbocycles. The molecule has 0 aliphatic heterocycles. The minimum absolute atomic E-state index is 0.0184. The predicted molar refractivity (Wildman–Crippen MR) is 185 cm³/mol. The standard InChI is InChI=1S/C36H37Cl2N3O5S/c1-46-32-18-20-33(21-19-32)47(44,45)41(31-16-14-28(37)15-17-31)25-35(42)40(24-27-10-7-11-29(38)22-27)34(23-26-8-3-2-4-9-26)36(43)39-30-12-5-6-13-30/h2-4,7-11,14-22,30,34H,5-6,12-13,23-25H2,1H3,(H,39,43)/t34-/m0/s1. The Bertz CT molecular complexity index is 1760. The number of hydrogen-bond donors (Lipinski definition) is 1. The van der Waals surface area contributed by atoms with Gasteiger partial charge in [0.05, 0.1) is 17.7 Å². The van der Waals surface area contributed by atoms with Crippen molar-refractivity contribution in [3.8, 4) is 5.75 Å². The van der Waals surface area contributed by atoms with Gasteiger partial charge in [-0.1, -0.05) is 78.5 Å². The van der Waals surface area contributed by atoms with Gasteiger partial charge in [0.15, 0.2) is 0 Å². The highest BCUT2D eigenvalue weighted by atomic mass is 35.5. The van der Waals surface area contributed by atoms with Gasteiger partial charge >= 0.3 is 0 Å². The fraction of sp³-hybridized carbons (Fsp3) is 0.278. The summed E-state index contributed by atoms with van der Waals surface area (Å²) in [6.07, 6.45) is 4.03. The maximum Gasteiger partial charge on any atom is 0.264 e. The van der Waals surface area contributed by atoms with Crippen molar-refractivity contribution in [3.63, 3.8) is 0 Å². The van der Waals surface area contributed by atoms with Crippen LogP contribution in [0.3, 0.4) is 0 Å². The number of methoxy groups -OCH3 is 1. The molecule has 246 valence electrons. The van der Waals surface area contributed by atoms with E-state index in [1.807, 2.05) is 36.4 Å².